The molecular formula is C27H19BrN2O5. The summed E-state index contributed by atoms with van der Waals surface area (Å²) in [6.45, 7) is -0.440. The highest BCUT2D eigenvalue weighted by molar-refractivity contribution is 9.09. The van der Waals surface area contributed by atoms with Gasteiger partial charge in [0, 0.05) is 11.6 Å². The van der Waals surface area contributed by atoms with E-state index in [1.807, 2.05) is 48.5 Å². The minimum Gasteiger partial charge on any atom is -0.478 e. The quantitative estimate of drug-likeness (QED) is 0.395. The molecule has 1 aliphatic heterocycles. The molecule has 0 aromatic heterocycles. The molecule has 35 heavy (non-hydrogen) atoms. The Bertz CT molecular complexity index is 1400. The SMILES string of the molecule is O=C(CN1C(=O)[C@@H]2C3c4ccccc4C(Br)(c4ccccc43)[C@H]2C1=O)Nc1cccc(C(=O)O)c1. The lowest BCUT2D eigenvalue weighted by Crippen LogP contribution is -2.50. The summed E-state index contributed by atoms with van der Waals surface area (Å²) in [5.74, 6) is -4.01. The number of carboxylic acids is 1. The van der Waals surface area contributed by atoms with Gasteiger partial charge in [-0.3, -0.25) is 19.3 Å². The number of anilines is 1. The Hall–Kier alpha value is -3.78. The number of halogens is 1. The van der Waals surface area contributed by atoms with Crippen molar-refractivity contribution in [3.8, 4) is 0 Å². The average Bonchev–Trinajstić information content (AvgIpc) is 3.10. The van der Waals surface area contributed by atoms with Crippen LogP contribution in [0.15, 0.2) is 72.8 Å². The number of alkyl halides is 1. The normalized spacial score (nSPS) is 25.6. The number of nitrogens with zero attached hydrogens (tertiary/aromatic N) is 1. The van der Waals surface area contributed by atoms with Crippen LogP contribution in [-0.2, 0) is 18.7 Å². The molecule has 174 valence electrons. The summed E-state index contributed by atoms with van der Waals surface area (Å²) < 4.78 is -0.868. The van der Waals surface area contributed by atoms with E-state index in [9.17, 15) is 24.3 Å². The molecule has 0 saturated carbocycles. The molecule has 1 heterocycles. The van der Waals surface area contributed by atoms with Gasteiger partial charge in [-0.15, -0.1) is 0 Å². The number of rotatable bonds is 4. The highest BCUT2D eigenvalue weighted by Crippen LogP contribution is 2.66. The van der Waals surface area contributed by atoms with Crippen LogP contribution in [0, 0.1) is 11.8 Å². The Balaban J connectivity index is 1.35. The van der Waals surface area contributed by atoms with Crippen LogP contribution < -0.4 is 5.32 Å². The second kappa shape index (κ2) is 7.61. The molecule has 0 spiro atoms. The predicted octanol–water partition coefficient (Wildman–Crippen LogP) is 3.72. The summed E-state index contributed by atoms with van der Waals surface area (Å²) in [6.07, 6.45) is 0. The molecule has 2 bridgehead atoms. The van der Waals surface area contributed by atoms with Crippen molar-refractivity contribution in [1.82, 2.24) is 4.90 Å². The number of likely N-dealkylation sites (tertiary alicyclic amines) is 1. The van der Waals surface area contributed by atoms with Gasteiger partial charge in [-0.1, -0.05) is 70.5 Å². The van der Waals surface area contributed by atoms with E-state index < -0.39 is 34.6 Å². The number of nitrogens with one attached hydrogen (secondary N) is 1. The molecule has 0 radical (unpaired) electrons. The van der Waals surface area contributed by atoms with Gasteiger partial charge in [0.2, 0.25) is 17.7 Å². The lowest BCUT2D eigenvalue weighted by Gasteiger charge is -2.51. The van der Waals surface area contributed by atoms with Crippen LogP contribution in [-0.4, -0.2) is 40.2 Å². The molecule has 3 aromatic carbocycles. The Morgan fingerprint density at radius 2 is 1.54 bits per heavy atom. The van der Waals surface area contributed by atoms with E-state index in [4.69, 9.17) is 0 Å². The van der Waals surface area contributed by atoms with E-state index in [1.165, 1.54) is 18.2 Å². The Kier molecular flexibility index (Phi) is 4.73. The molecule has 0 unspecified atom stereocenters. The number of aromatic carboxylic acids is 1. The molecular weight excluding hydrogens is 512 g/mol. The summed E-state index contributed by atoms with van der Waals surface area (Å²) in [6, 6.07) is 21.5. The fourth-order valence-corrected chi connectivity index (χ4v) is 7.17. The predicted molar refractivity (Wildman–Crippen MR) is 130 cm³/mol. The second-order valence-electron chi connectivity index (χ2n) is 9.06. The van der Waals surface area contributed by atoms with Crippen LogP contribution in [0.25, 0.3) is 0 Å². The van der Waals surface area contributed by atoms with Crippen LogP contribution in [0.2, 0.25) is 0 Å². The molecule has 2 N–H and O–H groups in total. The largest absolute Gasteiger partial charge is 0.478 e. The topological polar surface area (TPSA) is 104 Å². The molecule has 3 amide bonds. The van der Waals surface area contributed by atoms with E-state index >= 15 is 0 Å². The molecule has 3 aliphatic carbocycles. The number of carbonyl (C=O) groups excluding carboxylic acids is 3. The van der Waals surface area contributed by atoms with Crippen LogP contribution >= 0.6 is 15.9 Å². The number of hydrogen-bond donors (Lipinski definition) is 2. The van der Waals surface area contributed by atoms with Crippen molar-refractivity contribution < 1.29 is 24.3 Å². The number of carbonyl (C=O) groups is 4. The summed E-state index contributed by atoms with van der Waals surface area (Å²) in [4.78, 5) is 52.5. The first-order valence-corrected chi connectivity index (χ1v) is 12.0. The van der Waals surface area contributed by atoms with Crippen molar-refractivity contribution in [2.75, 3.05) is 11.9 Å². The number of amides is 3. The van der Waals surface area contributed by atoms with Crippen LogP contribution in [0.5, 0.6) is 0 Å². The van der Waals surface area contributed by atoms with E-state index in [0.717, 1.165) is 27.2 Å². The first kappa shape index (κ1) is 21.7. The first-order chi connectivity index (χ1) is 16.8. The van der Waals surface area contributed by atoms with E-state index in [-0.39, 0.29) is 29.0 Å². The smallest absolute Gasteiger partial charge is 0.335 e. The van der Waals surface area contributed by atoms with Crippen molar-refractivity contribution in [3.05, 3.63) is 101 Å². The third-order valence-corrected chi connectivity index (χ3v) is 8.65. The zero-order chi connectivity index (χ0) is 24.5. The fourth-order valence-electron chi connectivity index (χ4n) is 5.97. The van der Waals surface area contributed by atoms with Crippen LogP contribution in [0.1, 0.15) is 38.5 Å². The summed E-state index contributed by atoms with van der Waals surface area (Å²) in [5.41, 5.74) is 4.29. The highest BCUT2D eigenvalue weighted by Gasteiger charge is 2.67. The van der Waals surface area contributed by atoms with Crippen molar-refractivity contribution in [1.29, 1.82) is 0 Å². The van der Waals surface area contributed by atoms with E-state index in [0.29, 0.717) is 0 Å². The summed E-state index contributed by atoms with van der Waals surface area (Å²) >= 11 is 3.92. The Morgan fingerprint density at radius 3 is 2.17 bits per heavy atom. The first-order valence-electron chi connectivity index (χ1n) is 11.2. The molecule has 7 nitrogen and oxygen atoms in total. The standard InChI is InChI=1S/C27H19BrN2O5/c28-27-18-10-3-1-8-16(18)21(17-9-2-4-11-19(17)27)22-23(27)25(33)30(24(22)32)13-20(31)29-15-7-5-6-14(12-15)26(34)35/h1-12,21-23H,13H2,(H,29,31)(H,34,35)/t21?,22-,23-,27?/m1/s1. The maximum absolute atomic E-state index is 13.7. The maximum Gasteiger partial charge on any atom is 0.335 e. The monoisotopic (exact) mass is 530 g/mol. The van der Waals surface area contributed by atoms with Crippen LogP contribution in [0.3, 0.4) is 0 Å². The number of hydrogen-bond acceptors (Lipinski definition) is 4. The molecule has 1 saturated heterocycles. The Labute approximate surface area is 208 Å². The third kappa shape index (κ3) is 2.96. The molecule has 1 fully saturated rings. The molecule has 4 aliphatic rings. The molecule has 2 atom stereocenters. The number of carboxylic acid groups (broad SMARTS) is 1. The fraction of sp³-hybridized carbons (Fsp3) is 0.185. The van der Waals surface area contributed by atoms with Gasteiger partial charge >= 0.3 is 5.97 Å². The summed E-state index contributed by atoms with van der Waals surface area (Å²) in [5, 5.41) is 11.8. The minimum absolute atomic E-state index is 0.0236. The van der Waals surface area contributed by atoms with Crippen LogP contribution in [0.4, 0.5) is 5.69 Å². The lowest BCUT2D eigenvalue weighted by atomic mass is 9.55. The van der Waals surface area contributed by atoms with Crippen molar-refractivity contribution in [2.45, 2.75) is 10.2 Å². The third-order valence-electron chi connectivity index (χ3n) is 7.30. The van der Waals surface area contributed by atoms with E-state index in [1.54, 1.807) is 6.07 Å². The molecule has 7 rings (SSSR count). The number of imide groups is 1. The lowest BCUT2D eigenvalue weighted by molar-refractivity contribution is -0.142. The second-order valence-corrected chi connectivity index (χ2v) is 10.3. The van der Waals surface area contributed by atoms with Crippen molar-refractivity contribution >= 4 is 45.3 Å². The zero-order valence-corrected chi connectivity index (χ0v) is 19.9. The van der Waals surface area contributed by atoms with E-state index in [2.05, 4.69) is 21.2 Å². The number of benzene rings is 3. The van der Waals surface area contributed by atoms with Gasteiger partial charge < -0.3 is 10.4 Å². The van der Waals surface area contributed by atoms with Crippen molar-refractivity contribution in [3.63, 3.8) is 0 Å². The molecule has 8 heteroatoms. The highest BCUT2D eigenvalue weighted by atomic mass is 79.9. The van der Waals surface area contributed by atoms with Gasteiger partial charge in [0.05, 0.1) is 21.7 Å². The molecule has 3 aromatic rings. The maximum atomic E-state index is 13.7. The van der Waals surface area contributed by atoms with Gasteiger partial charge in [-0.05, 0) is 40.5 Å². The minimum atomic E-state index is -1.12. The van der Waals surface area contributed by atoms with Gasteiger partial charge in [0.1, 0.15) is 6.54 Å². The van der Waals surface area contributed by atoms with Gasteiger partial charge in [-0.2, -0.15) is 0 Å². The zero-order valence-electron chi connectivity index (χ0n) is 18.3. The summed E-state index contributed by atoms with van der Waals surface area (Å²) in [7, 11) is 0. The average molecular weight is 531 g/mol. The van der Waals surface area contributed by atoms with Crippen molar-refractivity contribution in [2.24, 2.45) is 11.8 Å². The van der Waals surface area contributed by atoms with Gasteiger partial charge in [0.15, 0.2) is 0 Å². The Morgan fingerprint density at radius 1 is 0.914 bits per heavy atom. The van der Waals surface area contributed by atoms with Gasteiger partial charge in [-0.25, -0.2) is 4.79 Å². The van der Waals surface area contributed by atoms with Gasteiger partial charge in [0.25, 0.3) is 0 Å².